The summed E-state index contributed by atoms with van der Waals surface area (Å²) >= 11 is 0. The molecule has 0 aromatic heterocycles. The summed E-state index contributed by atoms with van der Waals surface area (Å²) in [6.45, 7) is 7.09. The first-order valence-electron chi connectivity index (χ1n) is 9.70. The van der Waals surface area contributed by atoms with Crippen molar-refractivity contribution in [2.24, 2.45) is 5.92 Å². The Morgan fingerprint density at radius 2 is 1.89 bits per heavy atom. The summed E-state index contributed by atoms with van der Waals surface area (Å²) in [7, 11) is 0. The fourth-order valence-corrected chi connectivity index (χ4v) is 3.38. The number of benzene rings is 2. The van der Waals surface area contributed by atoms with Crippen LogP contribution in [0.4, 0.5) is 10.5 Å². The maximum absolute atomic E-state index is 12.1. The number of nitrogens with zero attached hydrogens (tertiary/aromatic N) is 1. The zero-order valence-corrected chi connectivity index (χ0v) is 16.0. The van der Waals surface area contributed by atoms with Crippen LogP contribution in [0.2, 0.25) is 0 Å². The van der Waals surface area contributed by atoms with Crippen molar-refractivity contribution in [1.29, 1.82) is 0 Å². The molecule has 1 saturated heterocycles. The fraction of sp³-hybridized carbons (Fsp3) is 0.409. The van der Waals surface area contributed by atoms with Gasteiger partial charge in [0.25, 0.3) is 0 Å². The summed E-state index contributed by atoms with van der Waals surface area (Å²) in [5.74, 6) is 0.507. The number of hydrogen-bond donors (Lipinski definition) is 2. The number of carbonyl (C=O) groups is 1. The molecule has 2 aromatic rings. The molecule has 1 heterocycles. The zero-order valence-electron chi connectivity index (χ0n) is 16.0. The number of carbonyl (C=O) groups excluding carboxylic acids is 1. The van der Waals surface area contributed by atoms with E-state index in [9.17, 15) is 4.79 Å². The lowest BCUT2D eigenvalue weighted by Gasteiger charge is -2.16. The van der Waals surface area contributed by atoms with Crippen molar-refractivity contribution in [1.82, 2.24) is 10.2 Å². The lowest BCUT2D eigenvalue weighted by molar-refractivity contribution is 0.134. The van der Waals surface area contributed by atoms with E-state index in [1.165, 1.54) is 5.56 Å². The Hall–Kier alpha value is -2.37. The van der Waals surface area contributed by atoms with E-state index in [-0.39, 0.29) is 6.03 Å². The lowest BCUT2D eigenvalue weighted by atomic mass is 10.1. The van der Waals surface area contributed by atoms with Gasteiger partial charge in [-0.05, 0) is 49.1 Å². The van der Waals surface area contributed by atoms with Crippen molar-refractivity contribution in [3.63, 3.8) is 0 Å². The zero-order chi connectivity index (χ0) is 18.9. The Bertz CT molecular complexity index is 703. The molecule has 2 N–H and O–H groups in total. The van der Waals surface area contributed by atoms with Gasteiger partial charge in [-0.2, -0.15) is 0 Å². The van der Waals surface area contributed by atoms with Crippen molar-refractivity contribution in [2.45, 2.75) is 26.5 Å². The molecule has 5 nitrogen and oxygen atoms in total. The van der Waals surface area contributed by atoms with Gasteiger partial charge in [0.1, 0.15) is 0 Å². The molecule has 27 heavy (non-hydrogen) atoms. The van der Waals surface area contributed by atoms with Crippen LogP contribution in [-0.4, -0.2) is 37.2 Å². The highest BCUT2D eigenvalue weighted by Crippen LogP contribution is 2.18. The molecule has 1 aliphatic rings. The molecule has 0 bridgehead atoms. The van der Waals surface area contributed by atoms with Gasteiger partial charge in [-0.15, -0.1) is 0 Å². The number of urea groups is 1. The summed E-state index contributed by atoms with van der Waals surface area (Å²) in [6.07, 6.45) is 1.12. The number of likely N-dealkylation sites (tertiary alicyclic amines) is 1. The second-order valence-electron chi connectivity index (χ2n) is 7.04. The predicted molar refractivity (Wildman–Crippen MR) is 109 cm³/mol. The minimum absolute atomic E-state index is 0.144. The van der Waals surface area contributed by atoms with Crippen molar-refractivity contribution in [3.05, 3.63) is 65.7 Å². The van der Waals surface area contributed by atoms with Crippen molar-refractivity contribution >= 4 is 11.7 Å². The maximum atomic E-state index is 12.1. The average Bonchev–Trinajstić information content (AvgIpc) is 3.14. The second kappa shape index (κ2) is 10.1. The molecule has 0 saturated carbocycles. The molecular formula is C22H29N3O2. The average molecular weight is 367 g/mol. The fourth-order valence-electron chi connectivity index (χ4n) is 3.38. The number of ether oxygens (including phenoxy) is 1. The van der Waals surface area contributed by atoms with Crippen LogP contribution in [0, 0.1) is 5.92 Å². The first-order chi connectivity index (χ1) is 13.2. The second-order valence-corrected chi connectivity index (χ2v) is 7.04. The van der Waals surface area contributed by atoms with Gasteiger partial charge in [-0.1, -0.05) is 42.5 Å². The van der Waals surface area contributed by atoms with Crippen LogP contribution in [0.15, 0.2) is 54.6 Å². The van der Waals surface area contributed by atoms with E-state index < -0.39 is 0 Å². The molecule has 2 aromatic carbocycles. The van der Waals surface area contributed by atoms with Gasteiger partial charge in [0, 0.05) is 31.9 Å². The summed E-state index contributed by atoms with van der Waals surface area (Å²) in [6, 6.07) is 18.2. The molecule has 1 atom stereocenters. The molecule has 144 valence electrons. The maximum Gasteiger partial charge on any atom is 0.319 e. The Morgan fingerprint density at radius 1 is 1.11 bits per heavy atom. The molecular weight excluding hydrogens is 338 g/mol. The van der Waals surface area contributed by atoms with Gasteiger partial charge in [0.2, 0.25) is 0 Å². The smallest absolute Gasteiger partial charge is 0.319 e. The highest BCUT2D eigenvalue weighted by Gasteiger charge is 2.22. The predicted octanol–water partition coefficient (Wildman–Crippen LogP) is 3.87. The van der Waals surface area contributed by atoms with Crippen LogP contribution >= 0.6 is 0 Å². The lowest BCUT2D eigenvalue weighted by Crippen LogP contribution is -2.34. The standard InChI is InChI=1S/C22H29N3O2/c1-2-27-17-19-8-10-21(11-9-19)24-22(26)23-14-20-12-13-25(16-20)15-18-6-4-3-5-7-18/h3-11,20H,2,12-17H2,1H3,(H2,23,24,26)/t20-/m1/s1. The van der Waals surface area contributed by atoms with Crippen molar-refractivity contribution < 1.29 is 9.53 Å². The molecule has 0 spiro atoms. The Kier molecular flexibility index (Phi) is 7.25. The first-order valence-corrected chi connectivity index (χ1v) is 9.70. The van der Waals surface area contributed by atoms with Gasteiger partial charge in [0.05, 0.1) is 6.61 Å². The van der Waals surface area contributed by atoms with E-state index in [2.05, 4.69) is 39.8 Å². The van der Waals surface area contributed by atoms with E-state index >= 15 is 0 Å². The largest absolute Gasteiger partial charge is 0.377 e. The van der Waals surface area contributed by atoms with E-state index in [1.807, 2.05) is 37.3 Å². The Labute approximate surface area is 161 Å². The third kappa shape index (κ3) is 6.38. The monoisotopic (exact) mass is 367 g/mol. The SMILES string of the molecule is CCOCc1ccc(NC(=O)NC[C@H]2CCN(Cc3ccccc3)C2)cc1. The number of anilines is 1. The first kappa shape index (κ1) is 19.4. The molecule has 0 aliphatic carbocycles. The highest BCUT2D eigenvalue weighted by molar-refractivity contribution is 5.89. The van der Waals surface area contributed by atoms with E-state index in [1.54, 1.807) is 0 Å². The van der Waals surface area contributed by atoms with E-state index in [0.29, 0.717) is 25.7 Å². The van der Waals surface area contributed by atoms with E-state index in [0.717, 1.165) is 37.3 Å². The number of amides is 2. The van der Waals surface area contributed by atoms with E-state index in [4.69, 9.17) is 4.74 Å². The van der Waals surface area contributed by atoms with Gasteiger partial charge in [-0.3, -0.25) is 4.90 Å². The van der Waals surface area contributed by atoms with Crippen LogP contribution < -0.4 is 10.6 Å². The molecule has 2 amide bonds. The van der Waals surface area contributed by atoms with Crippen LogP contribution in [-0.2, 0) is 17.9 Å². The Morgan fingerprint density at radius 3 is 2.63 bits per heavy atom. The molecule has 1 aliphatic heterocycles. The summed E-state index contributed by atoms with van der Waals surface area (Å²) in [4.78, 5) is 14.6. The summed E-state index contributed by atoms with van der Waals surface area (Å²) in [5.41, 5.74) is 3.24. The topological polar surface area (TPSA) is 53.6 Å². The molecule has 0 radical (unpaired) electrons. The third-order valence-electron chi connectivity index (χ3n) is 4.85. The van der Waals surface area contributed by atoms with Crippen LogP contribution in [0.1, 0.15) is 24.5 Å². The summed E-state index contributed by atoms with van der Waals surface area (Å²) in [5, 5.41) is 5.90. The molecule has 0 unspecified atom stereocenters. The van der Waals surface area contributed by atoms with Gasteiger partial charge in [-0.25, -0.2) is 4.79 Å². The van der Waals surface area contributed by atoms with Crippen molar-refractivity contribution in [2.75, 3.05) is 31.6 Å². The highest BCUT2D eigenvalue weighted by atomic mass is 16.5. The quantitative estimate of drug-likeness (QED) is 0.745. The number of hydrogen-bond acceptors (Lipinski definition) is 3. The molecule has 1 fully saturated rings. The molecule has 3 rings (SSSR count). The van der Waals surface area contributed by atoms with Gasteiger partial charge < -0.3 is 15.4 Å². The van der Waals surface area contributed by atoms with Gasteiger partial charge >= 0.3 is 6.03 Å². The van der Waals surface area contributed by atoms with Crippen LogP contribution in [0.25, 0.3) is 0 Å². The van der Waals surface area contributed by atoms with Crippen LogP contribution in [0.3, 0.4) is 0 Å². The van der Waals surface area contributed by atoms with Gasteiger partial charge in [0.15, 0.2) is 0 Å². The minimum atomic E-state index is -0.144. The Balaban J connectivity index is 1.37. The van der Waals surface area contributed by atoms with Crippen molar-refractivity contribution in [3.8, 4) is 0 Å². The number of nitrogens with one attached hydrogen (secondary N) is 2. The van der Waals surface area contributed by atoms with Crippen LogP contribution in [0.5, 0.6) is 0 Å². The normalized spacial score (nSPS) is 17.0. The summed E-state index contributed by atoms with van der Waals surface area (Å²) < 4.78 is 5.38. The number of rotatable bonds is 8. The molecule has 5 heteroatoms. The third-order valence-corrected chi connectivity index (χ3v) is 4.85. The minimum Gasteiger partial charge on any atom is -0.377 e.